The number of rotatable bonds is 4. The number of amides is 1. The Morgan fingerprint density at radius 3 is 2.89 bits per heavy atom. The molecule has 1 saturated heterocycles. The van der Waals surface area contributed by atoms with E-state index in [4.69, 9.17) is 27.8 Å². The topological polar surface area (TPSA) is 107 Å². The summed E-state index contributed by atoms with van der Waals surface area (Å²) in [4.78, 5) is 21.7. The Morgan fingerprint density at radius 2 is 2.19 bits per heavy atom. The van der Waals surface area contributed by atoms with Gasteiger partial charge in [0.15, 0.2) is 0 Å². The first-order valence-corrected chi connectivity index (χ1v) is 8.94. The number of nitrogens with two attached hydrogens (primary N) is 2. The largest absolute Gasteiger partial charge is 0.379 e. The molecule has 4 N–H and O–H groups in total. The van der Waals surface area contributed by atoms with Gasteiger partial charge in [0.2, 0.25) is 11.9 Å². The maximum atomic E-state index is 14.2. The van der Waals surface area contributed by atoms with Gasteiger partial charge in [-0.2, -0.15) is 4.98 Å². The van der Waals surface area contributed by atoms with Crippen LogP contribution in [0.5, 0.6) is 0 Å². The van der Waals surface area contributed by atoms with Gasteiger partial charge in [0, 0.05) is 29.9 Å². The van der Waals surface area contributed by atoms with E-state index >= 15 is 0 Å². The van der Waals surface area contributed by atoms with Crippen LogP contribution in [0.2, 0.25) is 5.02 Å². The standard InChI is InChI=1S/C18H21ClFN5O2/c1-10-5-17(24-18(22)23-10)25-3-2-4-27-9-15(25)12-6-11(7-16(21)26)14(20)8-13(12)19/h5-6,8,15H,2-4,7,9H2,1H3,(H2,21,26)(H2,22,23,24). The highest BCUT2D eigenvalue weighted by molar-refractivity contribution is 6.31. The van der Waals surface area contributed by atoms with Crippen LogP contribution >= 0.6 is 11.6 Å². The zero-order chi connectivity index (χ0) is 19.6. The zero-order valence-electron chi connectivity index (χ0n) is 14.9. The van der Waals surface area contributed by atoms with Crippen molar-refractivity contribution in [1.29, 1.82) is 0 Å². The molecule has 1 aromatic heterocycles. The summed E-state index contributed by atoms with van der Waals surface area (Å²) in [6.45, 7) is 3.41. The van der Waals surface area contributed by atoms with Gasteiger partial charge >= 0.3 is 0 Å². The second-order valence-corrected chi connectivity index (χ2v) is 6.88. The summed E-state index contributed by atoms with van der Waals surface area (Å²) in [5, 5.41) is 0.250. The number of ether oxygens (including phenoxy) is 1. The predicted molar refractivity (Wildman–Crippen MR) is 101 cm³/mol. The smallest absolute Gasteiger partial charge is 0.222 e. The van der Waals surface area contributed by atoms with Crippen molar-refractivity contribution in [2.24, 2.45) is 5.73 Å². The molecule has 0 radical (unpaired) electrons. The third-order valence-corrected chi connectivity index (χ3v) is 4.71. The van der Waals surface area contributed by atoms with Crippen LogP contribution in [0, 0.1) is 12.7 Å². The van der Waals surface area contributed by atoms with Crippen molar-refractivity contribution >= 4 is 29.3 Å². The molecule has 0 bridgehead atoms. The highest BCUT2D eigenvalue weighted by Crippen LogP contribution is 2.34. The number of nitrogens with zero attached hydrogens (tertiary/aromatic N) is 3. The van der Waals surface area contributed by atoms with Crippen LogP contribution in [0.3, 0.4) is 0 Å². The minimum Gasteiger partial charge on any atom is -0.379 e. The number of aromatic nitrogens is 2. The maximum Gasteiger partial charge on any atom is 0.222 e. The van der Waals surface area contributed by atoms with Gasteiger partial charge in [-0.05, 0) is 36.6 Å². The summed E-state index contributed by atoms with van der Waals surface area (Å²) in [6.07, 6.45) is 0.579. The molecule has 1 atom stereocenters. The van der Waals surface area contributed by atoms with E-state index < -0.39 is 11.7 Å². The molecule has 3 rings (SSSR count). The Hall–Kier alpha value is -2.45. The number of nitrogen functional groups attached to an aromatic ring is 1. The SMILES string of the molecule is Cc1cc(N2CCCOCC2c2cc(CC(N)=O)c(F)cc2Cl)nc(N)n1. The van der Waals surface area contributed by atoms with Gasteiger partial charge in [-0.15, -0.1) is 0 Å². The maximum absolute atomic E-state index is 14.2. The first kappa shape index (κ1) is 19.3. The molecule has 2 aromatic rings. The third-order valence-electron chi connectivity index (χ3n) is 4.38. The third kappa shape index (κ3) is 4.45. The summed E-state index contributed by atoms with van der Waals surface area (Å²) < 4.78 is 19.9. The molecule has 9 heteroatoms. The van der Waals surface area contributed by atoms with E-state index in [2.05, 4.69) is 9.97 Å². The van der Waals surface area contributed by atoms with Crippen LogP contribution < -0.4 is 16.4 Å². The zero-order valence-corrected chi connectivity index (χ0v) is 15.7. The van der Waals surface area contributed by atoms with Gasteiger partial charge in [-0.1, -0.05) is 11.6 Å². The van der Waals surface area contributed by atoms with E-state index in [0.717, 1.165) is 12.1 Å². The Balaban J connectivity index is 2.06. The summed E-state index contributed by atoms with van der Waals surface area (Å²) in [6, 6.07) is 4.29. The molecule has 7 nitrogen and oxygen atoms in total. The fraction of sp³-hybridized carbons (Fsp3) is 0.389. The summed E-state index contributed by atoms with van der Waals surface area (Å²) in [5.74, 6) is -0.359. The predicted octanol–water partition coefficient (Wildman–Crippen LogP) is 2.16. The number of primary amides is 1. The molecule has 0 aliphatic carbocycles. The van der Waals surface area contributed by atoms with Crippen LogP contribution in [-0.2, 0) is 16.0 Å². The van der Waals surface area contributed by atoms with E-state index in [1.54, 1.807) is 6.07 Å². The quantitative estimate of drug-likeness (QED) is 0.824. The number of benzene rings is 1. The average Bonchev–Trinajstić information content (AvgIpc) is 2.82. The minimum atomic E-state index is -0.615. The lowest BCUT2D eigenvalue weighted by Crippen LogP contribution is -2.32. The van der Waals surface area contributed by atoms with Crippen molar-refractivity contribution in [2.75, 3.05) is 30.4 Å². The number of aryl methyl sites for hydroxylation is 1. The summed E-state index contributed by atoms with van der Waals surface area (Å²) in [5.41, 5.74) is 12.6. The molecule has 1 fully saturated rings. The molecule has 1 aliphatic heterocycles. The number of halogens is 2. The van der Waals surface area contributed by atoms with Gasteiger partial charge in [0.1, 0.15) is 11.6 Å². The first-order valence-electron chi connectivity index (χ1n) is 8.57. The number of hydrogen-bond acceptors (Lipinski definition) is 6. The van der Waals surface area contributed by atoms with Gasteiger partial charge in [-0.25, -0.2) is 9.37 Å². The molecule has 2 heterocycles. The highest BCUT2D eigenvalue weighted by Gasteiger charge is 2.28. The lowest BCUT2D eigenvalue weighted by Gasteiger charge is -2.31. The molecule has 1 aliphatic rings. The Bertz CT molecular complexity index is 844. The summed E-state index contributed by atoms with van der Waals surface area (Å²) in [7, 11) is 0. The normalized spacial score (nSPS) is 17.6. The molecule has 1 unspecified atom stereocenters. The molecule has 0 spiro atoms. The molecule has 1 amide bonds. The van der Waals surface area contributed by atoms with Crippen molar-refractivity contribution in [2.45, 2.75) is 25.8 Å². The molecule has 0 saturated carbocycles. The minimum absolute atomic E-state index is 0.175. The van der Waals surface area contributed by atoms with Gasteiger partial charge in [-0.3, -0.25) is 4.79 Å². The van der Waals surface area contributed by atoms with E-state index in [1.165, 1.54) is 6.07 Å². The van der Waals surface area contributed by atoms with Gasteiger partial charge < -0.3 is 21.1 Å². The fourth-order valence-electron chi connectivity index (χ4n) is 3.22. The Morgan fingerprint density at radius 1 is 1.41 bits per heavy atom. The van der Waals surface area contributed by atoms with E-state index in [0.29, 0.717) is 31.1 Å². The monoisotopic (exact) mass is 393 g/mol. The Labute approximate surface area is 161 Å². The fourth-order valence-corrected chi connectivity index (χ4v) is 3.50. The highest BCUT2D eigenvalue weighted by atomic mass is 35.5. The van der Waals surface area contributed by atoms with Crippen molar-refractivity contribution in [3.63, 3.8) is 0 Å². The van der Waals surface area contributed by atoms with Crippen molar-refractivity contribution < 1.29 is 13.9 Å². The number of carbonyl (C=O) groups is 1. The molecule has 144 valence electrons. The number of anilines is 2. The van der Waals surface area contributed by atoms with Crippen molar-refractivity contribution in [3.05, 3.63) is 45.9 Å². The van der Waals surface area contributed by atoms with Gasteiger partial charge in [0.25, 0.3) is 0 Å². The van der Waals surface area contributed by atoms with Gasteiger partial charge in [0.05, 0.1) is 19.1 Å². The van der Waals surface area contributed by atoms with Crippen LogP contribution in [-0.4, -0.2) is 35.6 Å². The second-order valence-electron chi connectivity index (χ2n) is 6.47. The van der Waals surface area contributed by atoms with E-state index in [1.807, 2.05) is 17.9 Å². The molecular weight excluding hydrogens is 373 g/mol. The lowest BCUT2D eigenvalue weighted by molar-refractivity contribution is -0.117. The lowest BCUT2D eigenvalue weighted by atomic mass is 10.0. The number of carbonyl (C=O) groups excluding carboxylic acids is 1. The van der Waals surface area contributed by atoms with Crippen LogP contribution in [0.1, 0.15) is 29.3 Å². The molecule has 27 heavy (non-hydrogen) atoms. The second kappa shape index (κ2) is 8.06. The van der Waals surface area contributed by atoms with E-state index in [-0.39, 0.29) is 29.0 Å². The van der Waals surface area contributed by atoms with Crippen LogP contribution in [0.4, 0.5) is 16.2 Å². The van der Waals surface area contributed by atoms with E-state index in [9.17, 15) is 9.18 Å². The summed E-state index contributed by atoms with van der Waals surface area (Å²) >= 11 is 6.34. The van der Waals surface area contributed by atoms with Crippen LogP contribution in [0.25, 0.3) is 0 Å². The van der Waals surface area contributed by atoms with Crippen LogP contribution in [0.15, 0.2) is 18.2 Å². The average molecular weight is 394 g/mol. The van der Waals surface area contributed by atoms with Crippen molar-refractivity contribution in [1.82, 2.24) is 9.97 Å². The number of hydrogen-bond donors (Lipinski definition) is 2. The molecular formula is C18H21ClFN5O2. The molecule has 1 aromatic carbocycles. The first-order chi connectivity index (χ1) is 12.8. The van der Waals surface area contributed by atoms with Crippen molar-refractivity contribution in [3.8, 4) is 0 Å². The Kier molecular flexibility index (Phi) is 5.76.